The van der Waals surface area contributed by atoms with E-state index in [2.05, 4.69) is 12.2 Å². The number of hydrogen-bond donors (Lipinski definition) is 2. The normalized spacial score (nSPS) is 13.6. The Balaban J connectivity index is 2.58. The second-order valence-electron chi connectivity index (χ2n) is 5.32. The molecular weight excluding hydrogens is 254 g/mol. The standard InChI is InChI=1S/C16H23NO3/c1-4-5-11(2)15(18)17-14-8-6-13(7-9-14)10-12(3)16(19)20/h6-9,11-12H,4-5,10H2,1-3H3,(H,17,18)(H,19,20). The summed E-state index contributed by atoms with van der Waals surface area (Å²) in [5.74, 6) is -1.17. The number of benzene rings is 1. The van der Waals surface area contributed by atoms with Crippen LogP contribution < -0.4 is 5.32 Å². The Morgan fingerprint density at radius 2 is 1.75 bits per heavy atom. The van der Waals surface area contributed by atoms with Gasteiger partial charge in [-0.05, 0) is 30.5 Å². The highest BCUT2D eigenvalue weighted by Crippen LogP contribution is 2.15. The molecule has 0 aliphatic heterocycles. The van der Waals surface area contributed by atoms with Crippen molar-refractivity contribution >= 4 is 17.6 Å². The quantitative estimate of drug-likeness (QED) is 0.803. The number of carboxylic acid groups (broad SMARTS) is 1. The maximum atomic E-state index is 11.9. The number of hydrogen-bond acceptors (Lipinski definition) is 2. The van der Waals surface area contributed by atoms with Crippen molar-refractivity contribution in [3.05, 3.63) is 29.8 Å². The van der Waals surface area contributed by atoms with Gasteiger partial charge in [-0.3, -0.25) is 9.59 Å². The molecule has 0 saturated carbocycles. The van der Waals surface area contributed by atoms with Crippen LogP contribution in [0.4, 0.5) is 5.69 Å². The summed E-state index contributed by atoms with van der Waals surface area (Å²) in [4.78, 5) is 22.7. The van der Waals surface area contributed by atoms with Crippen molar-refractivity contribution in [1.82, 2.24) is 0 Å². The number of carbonyl (C=O) groups is 2. The van der Waals surface area contributed by atoms with E-state index < -0.39 is 11.9 Å². The lowest BCUT2D eigenvalue weighted by Crippen LogP contribution is -2.20. The van der Waals surface area contributed by atoms with E-state index >= 15 is 0 Å². The zero-order valence-corrected chi connectivity index (χ0v) is 12.3. The Kier molecular flexibility index (Phi) is 6.22. The molecule has 0 radical (unpaired) electrons. The number of amides is 1. The third-order valence-electron chi connectivity index (χ3n) is 3.35. The Labute approximate surface area is 120 Å². The molecule has 20 heavy (non-hydrogen) atoms. The van der Waals surface area contributed by atoms with Gasteiger partial charge in [0, 0.05) is 11.6 Å². The molecule has 2 unspecified atom stereocenters. The van der Waals surface area contributed by atoms with Gasteiger partial charge in [0.2, 0.25) is 5.91 Å². The Bertz CT molecular complexity index is 453. The van der Waals surface area contributed by atoms with Gasteiger partial charge in [0.25, 0.3) is 0 Å². The van der Waals surface area contributed by atoms with Crippen molar-refractivity contribution in [2.75, 3.05) is 5.32 Å². The molecule has 2 atom stereocenters. The first kappa shape index (κ1) is 16.2. The Morgan fingerprint density at radius 1 is 1.15 bits per heavy atom. The van der Waals surface area contributed by atoms with Crippen LogP contribution in [-0.4, -0.2) is 17.0 Å². The third-order valence-corrected chi connectivity index (χ3v) is 3.35. The number of rotatable bonds is 7. The molecule has 0 aliphatic carbocycles. The minimum absolute atomic E-state index is 0.00621. The van der Waals surface area contributed by atoms with Crippen molar-refractivity contribution in [1.29, 1.82) is 0 Å². The zero-order chi connectivity index (χ0) is 15.1. The van der Waals surface area contributed by atoms with E-state index in [-0.39, 0.29) is 11.8 Å². The van der Waals surface area contributed by atoms with Gasteiger partial charge in [0.15, 0.2) is 0 Å². The summed E-state index contributed by atoms with van der Waals surface area (Å²) >= 11 is 0. The average Bonchev–Trinajstić information content (AvgIpc) is 2.41. The van der Waals surface area contributed by atoms with E-state index in [1.165, 1.54) is 0 Å². The van der Waals surface area contributed by atoms with Gasteiger partial charge in [-0.25, -0.2) is 0 Å². The van der Waals surface area contributed by atoms with E-state index in [1.54, 1.807) is 6.92 Å². The summed E-state index contributed by atoms with van der Waals surface area (Å²) in [7, 11) is 0. The number of anilines is 1. The molecule has 0 heterocycles. The number of carbonyl (C=O) groups excluding carboxylic acids is 1. The van der Waals surface area contributed by atoms with E-state index in [1.807, 2.05) is 31.2 Å². The molecule has 1 rings (SSSR count). The number of aliphatic carboxylic acids is 1. The van der Waals surface area contributed by atoms with E-state index in [0.717, 1.165) is 24.1 Å². The maximum Gasteiger partial charge on any atom is 0.306 e. The van der Waals surface area contributed by atoms with Crippen LogP contribution in [0.5, 0.6) is 0 Å². The molecule has 1 aromatic carbocycles. The lowest BCUT2D eigenvalue weighted by atomic mass is 10.0. The summed E-state index contributed by atoms with van der Waals surface area (Å²) in [6, 6.07) is 7.36. The van der Waals surface area contributed by atoms with Gasteiger partial charge in [0.1, 0.15) is 0 Å². The summed E-state index contributed by atoms with van der Waals surface area (Å²) < 4.78 is 0. The maximum absolute atomic E-state index is 11.9. The van der Waals surface area contributed by atoms with Crippen LogP contribution in [0.1, 0.15) is 39.2 Å². The van der Waals surface area contributed by atoms with Crippen LogP contribution in [0.25, 0.3) is 0 Å². The highest BCUT2D eigenvalue weighted by molar-refractivity contribution is 5.92. The van der Waals surface area contributed by atoms with Crippen molar-refractivity contribution in [2.45, 2.75) is 40.0 Å². The van der Waals surface area contributed by atoms with Gasteiger partial charge in [0.05, 0.1) is 5.92 Å². The van der Waals surface area contributed by atoms with Gasteiger partial charge >= 0.3 is 5.97 Å². The fourth-order valence-corrected chi connectivity index (χ4v) is 1.99. The fourth-order valence-electron chi connectivity index (χ4n) is 1.99. The molecule has 4 nitrogen and oxygen atoms in total. The SMILES string of the molecule is CCCC(C)C(=O)Nc1ccc(CC(C)C(=O)O)cc1. The molecule has 0 bridgehead atoms. The number of carboxylic acids is 1. The Hall–Kier alpha value is -1.84. The summed E-state index contributed by atoms with van der Waals surface area (Å²) in [5.41, 5.74) is 1.71. The first-order valence-corrected chi connectivity index (χ1v) is 7.06. The van der Waals surface area contributed by atoms with E-state index in [0.29, 0.717) is 6.42 Å². The predicted octanol–water partition coefficient (Wildman–Crippen LogP) is 3.32. The highest BCUT2D eigenvalue weighted by Gasteiger charge is 2.13. The molecule has 0 fully saturated rings. The smallest absolute Gasteiger partial charge is 0.306 e. The van der Waals surface area contributed by atoms with Gasteiger partial charge in [-0.1, -0.05) is 39.3 Å². The molecule has 0 spiro atoms. The van der Waals surface area contributed by atoms with Crippen LogP contribution in [0.15, 0.2) is 24.3 Å². The monoisotopic (exact) mass is 277 g/mol. The first-order valence-electron chi connectivity index (χ1n) is 7.06. The minimum atomic E-state index is -0.796. The largest absolute Gasteiger partial charge is 0.481 e. The average molecular weight is 277 g/mol. The fraction of sp³-hybridized carbons (Fsp3) is 0.500. The molecular formula is C16H23NO3. The molecule has 2 N–H and O–H groups in total. The molecule has 4 heteroatoms. The number of nitrogens with one attached hydrogen (secondary N) is 1. The van der Waals surface area contributed by atoms with Crippen molar-refractivity contribution in [3.63, 3.8) is 0 Å². The lowest BCUT2D eigenvalue weighted by Gasteiger charge is -2.12. The molecule has 0 aromatic heterocycles. The van der Waals surface area contributed by atoms with Gasteiger partial charge < -0.3 is 10.4 Å². The summed E-state index contributed by atoms with van der Waals surface area (Å²) in [6.07, 6.45) is 2.36. The summed E-state index contributed by atoms with van der Waals surface area (Å²) in [5, 5.41) is 11.7. The molecule has 1 aromatic rings. The van der Waals surface area contributed by atoms with Crippen LogP contribution >= 0.6 is 0 Å². The Morgan fingerprint density at radius 3 is 2.25 bits per heavy atom. The van der Waals surface area contributed by atoms with Crippen molar-refractivity contribution in [2.24, 2.45) is 11.8 Å². The highest BCUT2D eigenvalue weighted by atomic mass is 16.4. The second kappa shape index (κ2) is 7.68. The topological polar surface area (TPSA) is 66.4 Å². The lowest BCUT2D eigenvalue weighted by molar-refractivity contribution is -0.141. The van der Waals surface area contributed by atoms with Crippen molar-refractivity contribution < 1.29 is 14.7 Å². The van der Waals surface area contributed by atoms with Crippen LogP contribution in [0.2, 0.25) is 0 Å². The van der Waals surface area contributed by atoms with E-state index in [4.69, 9.17) is 5.11 Å². The predicted molar refractivity (Wildman–Crippen MR) is 79.6 cm³/mol. The van der Waals surface area contributed by atoms with Crippen LogP contribution in [-0.2, 0) is 16.0 Å². The molecule has 0 aliphatic rings. The third kappa shape index (κ3) is 5.03. The van der Waals surface area contributed by atoms with Crippen LogP contribution in [0, 0.1) is 11.8 Å². The van der Waals surface area contributed by atoms with Crippen LogP contribution in [0.3, 0.4) is 0 Å². The zero-order valence-electron chi connectivity index (χ0n) is 12.3. The van der Waals surface area contributed by atoms with Crippen molar-refractivity contribution in [3.8, 4) is 0 Å². The van der Waals surface area contributed by atoms with Gasteiger partial charge in [-0.15, -0.1) is 0 Å². The molecule has 110 valence electrons. The van der Waals surface area contributed by atoms with Gasteiger partial charge in [-0.2, -0.15) is 0 Å². The summed E-state index contributed by atoms with van der Waals surface area (Å²) in [6.45, 7) is 5.66. The molecule has 1 amide bonds. The minimum Gasteiger partial charge on any atom is -0.481 e. The first-order chi connectivity index (χ1) is 9.43. The molecule has 0 saturated heterocycles. The second-order valence-corrected chi connectivity index (χ2v) is 5.32. The van der Waals surface area contributed by atoms with E-state index in [9.17, 15) is 9.59 Å².